The first-order valence-corrected chi connectivity index (χ1v) is 9.85. The van der Waals surface area contributed by atoms with E-state index in [1.807, 2.05) is 30.3 Å². The van der Waals surface area contributed by atoms with Gasteiger partial charge in [-0.1, -0.05) is 30.3 Å². The minimum absolute atomic E-state index is 0.152. The molecule has 9 heteroatoms. The summed E-state index contributed by atoms with van der Waals surface area (Å²) >= 11 is 0. The van der Waals surface area contributed by atoms with Crippen molar-refractivity contribution in [1.29, 1.82) is 5.26 Å². The first-order valence-electron chi connectivity index (χ1n) is 9.85. The molecule has 3 fully saturated rings. The van der Waals surface area contributed by atoms with Crippen molar-refractivity contribution in [3.05, 3.63) is 65.2 Å². The summed E-state index contributed by atoms with van der Waals surface area (Å²) in [7, 11) is 0. The summed E-state index contributed by atoms with van der Waals surface area (Å²) in [6.45, 7) is 1.26. The molecule has 158 valence electrons. The molecule has 2 aromatic rings. The van der Waals surface area contributed by atoms with E-state index in [1.165, 1.54) is 17.0 Å². The summed E-state index contributed by atoms with van der Waals surface area (Å²) in [5.74, 6) is -0.520. The van der Waals surface area contributed by atoms with Crippen molar-refractivity contribution in [2.24, 2.45) is 0 Å². The van der Waals surface area contributed by atoms with Crippen LogP contribution in [0.5, 0.6) is 0 Å². The fourth-order valence-electron chi connectivity index (χ4n) is 4.99. The summed E-state index contributed by atoms with van der Waals surface area (Å²) < 4.78 is 40.1. The summed E-state index contributed by atoms with van der Waals surface area (Å²) in [6, 6.07) is 12.6. The number of hydrogen-bond acceptors (Lipinski definition) is 4. The van der Waals surface area contributed by atoms with Crippen LogP contribution in [0.3, 0.4) is 0 Å². The topological polar surface area (TPSA) is 67.7 Å². The number of anilines is 1. The molecule has 3 unspecified atom stereocenters. The van der Waals surface area contributed by atoms with E-state index in [1.54, 1.807) is 0 Å². The van der Waals surface area contributed by atoms with E-state index < -0.39 is 35.3 Å². The van der Waals surface area contributed by atoms with Gasteiger partial charge in [-0.05, 0) is 30.2 Å². The Morgan fingerprint density at radius 1 is 1.10 bits per heavy atom. The van der Waals surface area contributed by atoms with Gasteiger partial charge in [0, 0.05) is 25.2 Å². The van der Waals surface area contributed by atoms with Crippen LogP contribution in [0.1, 0.15) is 23.1 Å². The average Bonchev–Trinajstić information content (AvgIpc) is 3.39. The van der Waals surface area contributed by atoms with Gasteiger partial charge in [-0.25, -0.2) is 9.69 Å². The van der Waals surface area contributed by atoms with Crippen molar-refractivity contribution in [1.82, 2.24) is 9.80 Å². The first kappa shape index (κ1) is 19.6. The van der Waals surface area contributed by atoms with Crippen molar-refractivity contribution < 1.29 is 22.8 Å². The maximum absolute atomic E-state index is 13.4. The third-order valence-corrected chi connectivity index (χ3v) is 6.29. The number of piperazine rings is 1. The lowest BCUT2D eigenvalue weighted by Gasteiger charge is -2.34. The molecule has 3 aliphatic rings. The van der Waals surface area contributed by atoms with Gasteiger partial charge in [0.1, 0.15) is 6.04 Å². The minimum Gasteiger partial charge on any atom is -0.306 e. The van der Waals surface area contributed by atoms with E-state index in [0.717, 1.165) is 16.5 Å². The third kappa shape index (κ3) is 2.98. The van der Waals surface area contributed by atoms with E-state index in [4.69, 9.17) is 5.26 Å². The summed E-state index contributed by atoms with van der Waals surface area (Å²) in [5.41, 5.74) is -0.777. The molecule has 3 heterocycles. The van der Waals surface area contributed by atoms with Crippen LogP contribution in [0.4, 0.5) is 23.7 Å². The number of nitrogens with zero attached hydrogens (tertiary/aromatic N) is 4. The number of hydrogen-bond donors (Lipinski definition) is 0. The number of halogens is 3. The highest BCUT2D eigenvalue weighted by Gasteiger charge is 2.61. The minimum atomic E-state index is -4.77. The molecule has 3 atom stereocenters. The quantitative estimate of drug-likeness (QED) is 0.706. The molecule has 5 rings (SSSR count). The van der Waals surface area contributed by atoms with Crippen LogP contribution in [0, 0.1) is 11.3 Å². The molecule has 2 bridgehead atoms. The summed E-state index contributed by atoms with van der Waals surface area (Å²) in [4.78, 5) is 30.7. The van der Waals surface area contributed by atoms with Gasteiger partial charge in [-0.2, -0.15) is 18.4 Å². The SMILES string of the molecule is N#Cc1ccc(N2C(=O)C3C4CC(CN4Cc4ccccc4)N3C2=O)cc1C(F)(F)F. The van der Waals surface area contributed by atoms with E-state index in [9.17, 15) is 22.8 Å². The maximum Gasteiger partial charge on any atom is 0.417 e. The average molecular weight is 426 g/mol. The number of imide groups is 1. The number of likely N-dealkylation sites (tertiary alicyclic amines) is 1. The Morgan fingerprint density at radius 3 is 2.52 bits per heavy atom. The van der Waals surface area contributed by atoms with Crippen LogP contribution in [-0.4, -0.2) is 46.4 Å². The Labute approximate surface area is 176 Å². The van der Waals surface area contributed by atoms with Crippen LogP contribution in [0.2, 0.25) is 0 Å². The molecular weight excluding hydrogens is 409 g/mol. The van der Waals surface area contributed by atoms with E-state index in [0.29, 0.717) is 25.6 Å². The summed E-state index contributed by atoms with van der Waals surface area (Å²) in [5, 5.41) is 8.99. The van der Waals surface area contributed by atoms with Crippen LogP contribution in [0.25, 0.3) is 0 Å². The number of rotatable bonds is 3. The second-order valence-electron chi connectivity index (χ2n) is 8.02. The number of alkyl halides is 3. The molecule has 0 radical (unpaired) electrons. The van der Waals surface area contributed by atoms with Crippen molar-refractivity contribution in [2.45, 2.75) is 37.3 Å². The lowest BCUT2D eigenvalue weighted by atomic mass is 10.1. The Kier molecular flexibility index (Phi) is 4.31. The highest BCUT2D eigenvalue weighted by molar-refractivity contribution is 6.22. The first-order chi connectivity index (χ1) is 14.8. The van der Waals surface area contributed by atoms with Crippen LogP contribution in [-0.2, 0) is 17.5 Å². The maximum atomic E-state index is 13.4. The molecule has 2 aromatic carbocycles. The Morgan fingerprint density at radius 2 is 1.84 bits per heavy atom. The highest BCUT2D eigenvalue weighted by Crippen LogP contribution is 2.43. The van der Waals surface area contributed by atoms with Crippen molar-refractivity contribution in [2.75, 3.05) is 11.4 Å². The van der Waals surface area contributed by atoms with Gasteiger partial charge < -0.3 is 4.90 Å². The fourth-order valence-corrected chi connectivity index (χ4v) is 4.99. The van der Waals surface area contributed by atoms with E-state index in [2.05, 4.69) is 4.90 Å². The van der Waals surface area contributed by atoms with Crippen molar-refractivity contribution in [3.8, 4) is 6.07 Å². The number of urea groups is 1. The van der Waals surface area contributed by atoms with Gasteiger partial charge >= 0.3 is 12.2 Å². The number of carbonyl (C=O) groups excluding carboxylic acids is 2. The standard InChI is InChI=1S/C22H17F3N4O2/c23-22(24,25)17-8-15(7-6-14(17)10-26)29-20(30)19-18-9-16(28(19)21(29)31)12-27(18)11-13-4-2-1-3-5-13/h1-8,16,18-19H,9,11-12H2. The highest BCUT2D eigenvalue weighted by atomic mass is 19.4. The predicted molar refractivity (Wildman–Crippen MR) is 104 cm³/mol. The smallest absolute Gasteiger partial charge is 0.306 e. The molecule has 3 aliphatic heterocycles. The van der Waals surface area contributed by atoms with Gasteiger partial charge in [0.05, 0.1) is 22.9 Å². The van der Waals surface area contributed by atoms with Crippen LogP contribution < -0.4 is 4.90 Å². The normalized spacial score (nSPS) is 25.3. The zero-order chi connectivity index (χ0) is 21.9. The molecular formula is C22H17F3N4O2. The molecule has 0 N–H and O–H groups in total. The Bertz CT molecular complexity index is 1110. The Hall–Kier alpha value is -3.38. The van der Waals surface area contributed by atoms with Crippen molar-refractivity contribution in [3.63, 3.8) is 0 Å². The monoisotopic (exact) mass is 426 g/mol. The molecule has 0 spiro atoms. The molecule has 0 saturated carbocycles. The van der Waals surface area contributed by atoms with E-state index in [-0.39, 0.29) is 17.8 Å². The van der Waals surface area contributed by atoms with Crippen LogP contribution in [0.15, 0.2) is 48.5 Å². The molecule has 31 heavy (non-hydrogen) atoms. The predicted octanol–water partition coefficient (Wildman–Crippen LogP) is 3.37. The van der Waals surface area contributed by atoms with Crippen molar-refractivity contribution >= 4 is 17.6 Å². The third-order valence-electron chi connectivity index (χ3n) is 6.29. The molecule has 3 amide bonds. The van der Waals surface area contributed by atoms with E-state index >= 15 is 0 Å². The molecule has 0 aromatic heterocycles. The number of carbonyl (C=O) groups is 2. The molecule has 6 nitrogen and oxygen atoms in total. The lowest BCUT2D eigenvalue weighted by Crippen LogP contribution is -2.52. The molecule has 3 saturated heterocycles. The zero-order valence-corrected chi connectivity index (χ0v) is 16.2. The van der Waals surface area contributed by atoms with Crippen LogP contribution >= 0.6 is 0 Å². The summed E-state index contributed by atoms with van der Waals surface area (Å²) in [6.07, 6.45) is -4.10. The zero-order valence-electron chi connectivity index (χ0n) is 16.2. The Balaban J connectivity index is 1.45. The van der Waals surface area contributed by atoms with Gasteiger partial charge in [-0.15, -0.1) is 0 Å². The number of nitriles is 1. The van der Waals surface area contributed by atoms with Gasteiger partial charge in [-0.3, -0.25) is 9.69 Å². The second-order valence-corrected chi connectivity index (χ2v) is 8.02. The fraction of sp³-hybridized carbons (Fsp3) is 0.318. The number of amides is 3. The van der Waals surface area contributed by atoms with Gasteiger partial charge in [0.2, 0.25) is 0 Å². The van der Waals surface area contributed by atoms with Gasteiger partial charge in [0.15, 0.2) is 0 Å². The second kappa shape index (κ2) is 6.82. The lowest BCUT2D eigenvalue weighted by molar-refractivity contribution is -0.137. The number of benzene rings is 2. The number of fused-ring (bicyclic) bond motifs is 5. The molecule has 0 aliphatic carbocycles. The largest absolute Gasteiger partial charge is 0.417 e. The van der Waals surface area contributed by atoms with Gasteiger partial charge in [0.25, 0.3) is 5.91 Å².